The first kappa shape index (κ1) is 13.7. The number of hydrazine groups is 1. The van der Waals surface area contributed by atoms with Crippen molar-refractivity contribution in [1.82, 2.24) is 5.43 Å². The lowest BCUT2D eigenvalue weighted by molar-refractivity contribution is 0.485. The van der Waals surface area contributed by atoms with Gasteiger partial charge >= 0.3 is 0 Å². The summed E-state index contributed by atoms with van der Waals surface area (Å²) in [6.45, 7) is 0. The first-order chi connectivity index (χ1) is 8.72. The molecule has 0 fully saturated rings. The van der Waals surface area contributed by atoms with Gasteiger partial charge < -0.3 is 0 Å². The lowest BCUT2D eigenvalue weighted by atomic mass is 10.0. The molecule has 0 saturated carbocycles. The fourth-order valence-electron chi connectivity index (χ4n) is 1.86. The van der Waals surface area contributed by atoms with Gasteiger partial charge in [0.1, 0.15) is 5.82 Å². The summed E-state index contributed by atoms with van der Waals surface area (Å²) in [5.41, 5.74) is 3.29. The molecular formula is C13H14BrFN2S. The van der Waals surface area contributed by atoms with Gasteiger partial charge in [-0.15, -0.1) is 11.3 Å². The molecular weight excluding hydrogens is 315 g/mol. The van der Waals surface area contributed by atoms with Gasteiger partial charge in [-0.3, -0.25) is 11.3 Å². The predicted octanol–water partition coefficient (Wildman–Crippen LogP) is 3.79. The van der Waals surface area contributed by atoms with E-state index < -0.39 is 0 Å². The topological polar surface area (TPSA) is 38.0 Å². The molecule has 1 heterocycles. The van der Waals surface area contributed by atoms with Gasteiger partial charge in [-0.1, -0.05) is 18.2 Å². The molecule has 5 heteroatoms. The Morgan fingerprint density at radius 2 is 2.17 bits per heavy atom. The molecule has 2 aromatic rings. The Hall–Kier alpha value is -0.750. The van der Waals surface area contributed by atoms with E-state index in [4.69, 9.17) is 5.84 Å². The van der Waals surface area contributed by atoms with Gasteiger partial charge in [-0.2, -0.15) is 0 Å². The summed E-state index contributed by atoms with van der Waals surface area (Å²) in [6.07, 6.45) is 1.66. The van der Waals surface area contributed by atoms with Crippen molar-refractivity contribution in [3.05, 3.63) is 56.4 Å². The van der Waals surface area contributed by atoms with Crippen molar-refractivity contribution in [3.63, 3.8) is 0 Å². The number of thiophene rings is 1. The van der Waals surface area contributed by atoms with Crippen molar-refractivity contribution >= 4 is 27.3 Å². The highest BCUT2D eigenvalue weighted by molar-refractivity contribution is 9.10. The summed E-state index contributed by atoms with van der Waals surface area (Å²) in [4.78, 5) is 1.28. The molecule has 1 unspecified atom stereocenters. The number of nitrogens with two attached hydrogens (primary N) is 1. The molecule has 0 bridgehead atoms. The molecule has 3 N–H and O–H groups in total. The van der Waals surface area contributed by atoms with E-state index in [1.54, 1.807) is 23.5 Å². The quantitative estimate of drug-likeness (QED) is 0.647. The summed E-state index contributed by atoms with van der Waals surface area (Å²) in [7, 11) is 0. The summed E-state index contributed by atoms with van der Waals surface area (Å²) in [6, 6.07) is 9.19. The lowest BCUT2D eigenvalue weighted by Crippen LogP contribution is -2.29. The molecule has 18 heavy (non-hydrogen) atoms. The van der Waals surface area contributed by atoms with Crippen molar-refractivity contribution in [2.75, 3.05) is 0 Å². The van der Waals surface area contributed by atoms with E-state index in [-0.39, 0.29) is 11.9 Å². The molecule has 1 aromatic heterocycles. The first-order valence-electron chi connectivity index (χ1n) is 5.64. The molecule has 0 saturated heterocycles. The van der Waals surface area contributed by atoms with Gasteiger partial charge in [0.25, 0.3) is 0 Å². The zero-order valence-corrected chi connectivity index (χ0v) is 12.1. The Kier molecular flexibility index (Phi) is 4.88. The summed E-state index contributed by atoms with van der Waals surface area (Å²) in [5.74, 6) is 5.29. The molecule has 0 radical (unpaired) electrons. The second-order valence-electron chi connectivity index (χ2n) is 3.98. The molecule has 2 rings (SSSR count). The average Bonchev–Trinajstić information content (AvgIpc) is 2.88. The van der Waals surface area contributed by atoms with Gasteiger partial charge in [-0.05, 0) is 46.3 Å². The maximum Gasteiger partial charge on any atom is 0.142 e. The van der Waals surface area contributed by atoms with E-state index >= 15 is 0 Å². The number of nitrogens with one attached hydrogen (secondary N) is 1. The molecule has 0 aliphatic rings. The van der Waals surface area contributed by atoms with E-state index in [1.165, 1.54) is 4.88 Å². The Bertz CT molecular complexity index is 502. The fourth-order valence-corrected chi connectivity index (χ4v) is 2.97. The van der Waals surface area contributed by atoms with E-state index in [1.807, 2.05) is 17.5 Å². The highest BCUT2D eigenvalue weighted by atomic mass is 79.9. The van der Waals surface area contributed by atoms with Crippen LogP contribution in [0, 0.1) is 5.82 Å². The molecule has 0 aliphatic carbocycles. The third-order valence-electron chi connectivity index (χ3n) is 2.82. The Balaban J connectivity index is 2.10. The highest BCUT2D eigenvalue weighted by Gasteiger charge is 2.16. The van der Waals surface area contributed by atoms with E-state index in [0.29, 0.717) is 10.0 Å². The monoisotopic (exact) mass is 328 g/mol. The van der Waals surface area contributed by atoms with Crippen molar-refractivity contribution in [2.24, 2.45) is 5.84 Å². The van der Waals surface area contributed by atoms with Gasteiger partial charge in [0.15, 0.2) is 0 Å². The number of benzene rings is 1. The largest absolute Gasteiger partial charge is 0.271 e. The van der Waals surface area contributed by atoms with Crippen LogP contribution in [0.25, 0.3) is 0 Å². The maximum atomic E-state index is 14.0. The molecule has 1 atom stereocenters. The van der Waals surface area contributed by atoms with Crippen LogP contribution in [-0.4, -0.2) is 0 Å². The normalized spacial score (nSPS) is 12.6. The van der Waals surface area contributed by atoms with Gasteiger partial charge in [0.05, 0.1) is 4.47 Å². The smallest absolute Gasteiger partial charge is 0.142 e. The molecule has 0 amide bonds. The number of hydrogen-bond donors (Lipinski definition) is 2. The number of halogens is 2. The molecule has 0 spiro atoms. The van der Waals surface area contributed by atoms with Crippen LogP contribution in [-0.2, 0) is 6.42 Å². The zero-order valence-electron chi connectivity index (χ0n) is 9.70. The molecule has 1 aromatic carbocycles. The van der Waals surface area contributed by atoms with Gasteiger partial charge in [0, 0.05) is 16.5 Å². The second kappa shape index (κ2) is 6.43. The lowest BCUT2D eigenvalue weighted by Gasteiger charge is -2.17. The zero-order chi connectivity index (χ0) is 13.0. The van der Waals surface area contributed by atoms with Crippen molar-refractivity contribution in [2.45, 2.75) is 18.9 Å². The number of rotatable bonds is 5. The molecule has 96 valence electrons. The molecule has 0 aliphatic heterocycles. The molecule has 2 nitrogen and oxygen atoms in total. The van der Waals surface area contributed by atoms with Crippen molar-refractivity contribution in [1.29, 1.82) is 0 Å². The van der Waals surface area contributed by atoms with E-state index in [0.717, 1.165) is 12.8 Å². The van der Waals surface area contributed by atoms with Crippen LogP contribution in [0.5, 0.6) is 0 Å². The summed E-state index contributed by atoms with van der Waals surface area (Å²) >= 11 is 4.90. The Morgan fingerprint density at radius 3 is 2.83 bits per heavy atom. The number of aryl methyl sites for hydroxylation is 1. The van der Waals surface area contributed by atoms with Crippen LogP contribution >= 0.6 is 27.3 Å². The average molecular weight is 329 g/mol. The Labute approximate surface area is 118 Å². The number of hydrogen-bond acceptors (Lipinski definition) is 3. The second-order valence-corrected chi connectivity index (χ2v) is 5.87. The fraction of sp³-hybridized carbons (Fsp3) is 0.231. The van der Waals surface area contributed by atoms with Crippen molar-refractivity contribution < 1.29 is 4.39 Å². The summed E-state index contributed by atoms with van der Waals surface area (Å²) in [5, 5.41) is 2.04. The van der Waals surface area contributed by atoms with E-state index in [9.17, 15) is 4.39 Å². The van der Waals surface area contributed by atoms with Crippen LogP contribution < -0.4 is 11.3 Å². The van der Waals surface area contributed by atoms with Crippen LogP contribution in [0.4, 0.5) is 4.39 Å². The minimum atomic E-state index is -0.244. The van der Waals surface area contributed by atoms with Gasteiger partial charge in [-0.25, -0.2) is 4.39 Å². The first-order valence-corrected chi connectivity index (χ1v) is 7.32. The third kappa shape index (κ3) is 3.17. The van der Waals surface area contributed by atoms with Crippen LogP contribution in [0.15, 0.2) is 40.2 Å². The third-order valence-corrected chi connectivity index (χ3v) is 4.37. The Morgan fingerprint density at radius 1 is 1.33 bits per heavy atom. The van der Waals surface area contributed by atoms with Crippen LogP contribution in [0.3, 0.4) is 0 Å². The minimum Gasteiger partial charge on any atom is -0.271 e. The summed E-state index contributed by atoms with van der Waals surface area (Å²) < 4.78 is 14.4. The predicted molar refractivity (Wildman–Crippen MR) is 76.8 cm³/mol. The van der Waals surface area contributed by atoms with Crippen LogP contribution in [0.2, 0.25) is 0 Å². The standard InChI is InChI=1S/C13H14BrFN2S/c14-11-5-1-4-10(13(11)15)12(17-16)7-6-9-3-2-8-18-9/h1-5,8,12,17H,6-7,16H2. The van der Waals surface area contributed by atoms with Crippen LogP contribution in [0.1, 0.15) is 22.9 Å². The maximum absolute atomic E-state index is 14.0. The minimum absolute atomic E-state index is 0.176. The van der Waals surface area contributed by atoms with Gasteiger partial charge in [0.2, 0.25) is 0 Å². The van der Waals surface area contributed by atoms with E-state index in [2.05, 4.69) is 27.4 Å². The highest BCUT2D eigenvalue weighted by Crippen LogP contribution is 2.26. The SMILES string of the molecule is NNC(CCc1cccs1)c1cccc(Br)c1F. The van der Waals surface area contributed by atoms with Crippen molar-refractivity contribution in [3.8, 4) is 0 Å².